The van der Waals surface area contributed by atoms with Crippen LogP contribution in [0.1, 0.15) is 10.8 Å². The second-order valence-electron chi connectivity index (χ2n) is 3.37. The fourth-order valence-corrected chi connectivity index (χ4v) is 2.37. The average molecular weight is 227 g/mol. The fourth-order valence-electron chi connectivity index (χ4n) is 1.50. The van der Waals surface area contributed by atoms with Gasteiger partial charge in [0.2, 0.25) is 0 Å². The Labute approximate surface area is 96.9 Å². The van der Waals surface area contributed by atoms with E-state index < -0.39 is 0 Å². The molecule has 3 heteroatoms. The van der Waals surface area contributed by atoms with Crippen LogP contribution in [-0.4, -0.2) is 4.98 Å². The predicted molar refractivity (Wildman–Crippen MR) is 67.3 cm³/mol. The Morgan fingerprint density at radius 1 is 1.06 bits per heavy atom. The molecule has 0 atom stereocenters. The largest absolute Gasteiger partial charge is 0.465 e. The van der Waals surface area contributed by atoms with Crippen molar-refractivity contribution in [1.29, 1.82) is 0 Å². The number of hydrogen-bond acceptors (Lipinski definition) is 3. The van der Waals surface area contributed by atoms with E-state index in [0.717, 1.165) is 16.3 Å². The van der Waals surface area contributed by atoms with Gasteiger partial charge in [-0.05, 0) is 36.4 Å². The zero-order valence-corrected chi connectivity index (χ0v) is 9.28. The molecular formula is C13H9NOS. The average Bonchev–Trinajstić information content (AvgIpc) is 2.95. The maximum Gasteiger partial charge on any atom is 0.126 e. The minimum Gasteiger partial charge on any atom is -0.465 e. The van der Waals surface area contributed by atoms with E-state index in [-0.39, 0.29) is 0 Å². The van der Waals surface area contributed by atoms with Crippen molar-refractivity contribution in [2.75, 3.05) is 0 Å². The molecule has 0 spiro atoms. The molecule has 3 aromatic rings. The highest BCUT2D eigenvalue weighted by molar-refractivity contribution is 7.19. The Balaban J connectivity index is 1.95. The van der Waals surface area contributed by atoms with Crippen LogP contribution in [0.5, 0.6) is 0 Å². The number of fused-ring (bicyclic) bond motifs is 1. The maximum absolute atomic E-state index is 5.22. The van der Waals surface area contributed by atoms with Crippen molar-refractivity contribution < 1.29 is 4.42 Å². The number of para-hydroxylation sites is 1. The zero-order valence-electron chi connectivity index (χ0n) is 8.46. The molecule has 2 heterocycles. The molecule has 0 unspecified atom stereocenters. The standard InChI is InChI=1S/C13H9NOS/c1-2-6-12-11(5-1)14-13(16-12)8-7-10-4-3-9-15-10/h1-9H. The number of aromatic nitrogens is 1. The summed E-state index contributed by atoms with van der Waals surface area (Å²) in [5.74, 6) is 0.847. The summed E-state index contributed by atoms with van der Waals surface area (Å²) in [7, 11) is 0. The first-order valence-electron chi connectivity index (χ1n) is 4.99. The van der Waals surface area contributed by atoms with Gasteiger partial charge in [0.15, 0.2) is 0 Å². The Morgan fingerprint density at radius 2 is 2.00 bits per heavy atom. The van der Waals surface area contributed by atoms with Gasteiger partial charge in [0.1, 0.15) is 10.8 Å². The van der Waals surface area contributed by atoms with Gasteiger partial charge in [-0.1, -0.05) is 12.1 Å². The SMILES string of the molecule is C(=Cc1nc2ccccc2s1)c1ccco1. The summed E-state index contributed by atoms with van der Waals surface area (Å²) in [6.45, 7) is 0. The van der Waals surface area contributed by atoms with Crippen LogP contribution in [-0.2, 0) is 0 Å². The van der Waals surface area contributed by atoms with Crippen LogP contribution in [0, 0.1) is 0 Å². The molecule has 0 aliphatic rings. The minimum absolute atomic E-state index is 0.847. The van der Waals surface area contributed by atoms with Crippen molar-refractivity contribution in [3.05, 3.63) is 53.4 Å². The molecular weight excluding hydrogens is 218 g/mol. The van der Waals surface area contributed by atoms with E-state index in [9.17, 15) is 0 Å². The van der Waals surface area contributed by atoms with Crippen LogP contribution in [0.4, 0.5) is 0 Å². The first kappa shape index (κ1) is 9.36. The smallest absolute Gasteiger partial charge is 0.126 e. The minimum atomic E-state index is 0.847. The number of furan rings is 1. The van der Waals surface area contributed by atoms with Gasteiger partial charge in [-0.15, -0.1) is 11.3 Å². The van der Waals surface area contributed by atoms with E-state index in [0.29, 0.717) is 0 Å². The third kappa shape index (κ3) is 1.77. The Kier molecular flexibility index (Phi) is 2.31. The lowest BCUT2D eigenvalue weighted by Crippen LogP contribution is -1.67. The second-order valence-corrected chi connectivity index (χ2v) is 4.43. The van der Waals surface area contributed by atoms with Crippen molar-refractivity contribution >= 4 is 33.7 Å². The van der Waals surface area contributed by atoms with Gasteiger partial charge in [-0.2, -0.15) is 0 Å². The van der Waals surface area contributed by atoms with Gasteiger partial charge in [0.25, 0.3) is 0 Å². The first-order valence-corrected chi connectivity index (χ1v) is 5.81. The third-order valence-electron chi connectivity index (χ3n) is 2.24. The van der Waals surface area contributed by atoms with Crippen LogP contribution < -0.4 is 0 Å². The monoisotopic (exact) mass is 227 g/mol. The normalized spacial score (nSPS) is 11.5. The molecule has 0 N–H and O–H groups in total. The van der Waals surface area contributed by atoms with Gasteiger partial charge in [-0.25, -0.2) is 4.98 Å². The molecule has 78 valence electrons. The highest BCUT2D eigenvalue weighted by atomic mass is 32.1. The number of benzene rings is 1. The molecule has 0 aliphatic heterocycles. The number of hydrogen-bond donors (Lipinski definition) is 0. The molecule has 0 saturated carbocycles. The Morgan fingerprint density at radius 3 is 2.81 bits per heavy atom. The molecule has 3 rings (SSSR count). The summed E-state index contributed by atoms with van der Waals surface area (Å²) in [5, 5.41) is 0.998. The lowest BCUT2D eigenvalue weighted by molar-refractivity contribution is 0.557. The second kappa shape index (κ2) is 3.94. The van der Waals surface area contributed by atoms with Crippen molar-refractivity contribution in [3.63, 3.8) is 0 Å². The summed E-state index contributed by atoms with van der Waals surface area (Å²) >= 11 is 1.68. The van der Waals surface area contributed by atoms with E-state index in [1.807, 2.05) is 42.5 Å². The van der Waals surface area contributed by atoms with Crippen molar-refractivity contribution in [2.45, 2.75) is 0 Å². The quantitative estimate of drug-likeness (QED) is 0.659. The number of nitrogens with zero attached hydrogens (tertiary/aromatic N) is 1. The molecule has 0 amide bonds. The van der Waals surface area contributed by atoms with Gasteiger partial charge in [0.05, 0.1) is 16.5 Å². The number of rotatable bonds is 2. The predicted octanol–water partition coefficient (Wildman–Crippen LogP) is 4.06. The van der Waals surface area contributed by atoms with E-state index in [2.05, 4.69) is 11.1 Å². The molecule has 2 aromatic heterocycles. The Hall–Kier alpha value is -1.87. The topological polar surface area (TPSA) is 26.0 Å². The first-order chi connectivity index (χ1) is 7.92. The third-order valence-corrected chi connectivity index (χ3v) is 3.25. The molecule has 16 heavy (non-hydrogen) atoms. The highest BCUT2D eigenvalue weighted by Gasteiger charge is 1.99. The maximum atomic E-state index is 5.22. The zero-order chi connectivity index (χ0) is 10.8. The lowest BCUT2D eigenvalue weighted by atomic mass is 10.3. The van der Waals surface area contributed by atoms with Gasteiger partial charge in [0, 0.05) is 0 Å². The number of thiazole rings is 1. The fraction of sp³-hybridized carbons (Fsp3) is 0. The van der Waals surface area contributed by atoms with Crippen LogP contribution in [0.3, 0.4) is 0 Å². The van der Waals surface area contributed by atoms with Crippen LogP contribution >= 0.6 is 11.3 Å². The van der Waals surface area contributed by atoms with E-state index in [1.165, 1.54) is 4.70 Å². The molecule has 1 aromatic carbocycles. The van der Waals surface area contributed by atoms with Gasteiger partial charge < -0.3 is 4.42 Å². The molecule has 0 saturated heterocycles. The summed E-state index contributed by atoms with van der Waals surface area (Å²) in [6, 6.07) is 11.9. The van der Waals surface area contributed by atoms with E-state index >= 15 is 0 Å². The summed E-state index contributed by atoms with van der Waals surface area (Å²) in [6.07, 6.45) is 5.57. The van der Waals surface area contributed by atoms with Crippen LogP contribution in [0.2, 0.25) is 0 Å². The molecule has 0 fully saturated rings. The molecule has 0 radical (unpaired) electrons. The summed E-state index contributed by atoms with van der Waals surface area (Å²) in [5.41, 5.74) is 1.05. The lowest BCUT2D eigenvalue weighted by Gasteiger charge is -1.82. The van der Waals surface area contributed by atoms with Gasteiger partial charge in [-0.3, -0.25) is 0 Å². The summed E-state index contributed by atoms with van der Waals surface area (Å²) < 4.78 is 6.43. The van der Waals surface area contributed by atoms with Crippen molar-refractivity contribution in [3.8, 4) is 0 Å². The van der Waals surface area contributed by atoms with E-state index in [1.54, 1.807) is 17.6 Å². The molecule has 0 aliphatic carbocycles. The molecule has 2 nitrogen and oxygen atoms in total. The van der Waals surface area contributed by atoms with Crippen molar-refractivity contribution in [1.82, 2.24) is 4.98 Å². The van der Waals surface area contributed by atoms with Gasteiger partial charge >= 0.3 is 0 Å². The van der Waals surface area contributed by atoms with Crippen LogP contribution in [0.15, 0.2) is 47.1 Å². The summed E-state index contributed by atoms with van der Waals surface area (Å²) in [4.78, 5) is 4.50. The Bertz CT molecular complexity index is 589. The highest BCUT2D eigenvalue weighted by Crippen LogP contribution is 2.23. The van der Waals surface area contributed by atoms with Crippen molar-refractivity contribution in [2.24, 2.45) is 0 Å². The molecule has 0 bridgehead atoms. The van der Waals surface area contributed by atoms with E-state index in [4.69, 9.17) is 4.42 Å². The van der Waals surface area contributed by atoms with Crippen LogP contribution in [0.25, 0.3) is 22.4 Å².